The molecule has 0 aromatic rings. The fourth-order valence-corrected chi connectivity index (χ4v) is 0.637. The first kappa shape index (κ1) is 11.8. The summed E-state index contributed by atoms with van der Waals surface area (Å²) in [6.45, 7) is 1.77. The van der Waals surface area contributed by atoms with Gasteiger partial charge in [0.05, 0.1) is 13.5 Å². The molecular weight excluding hydrogens is 190 g/mol. The van der Waals surface area contributed by atoms with E-state index in [1.807, 2.05) is 0 Å². The average Bonchev–Trinajstić information content (AvgIpc) is 2.10. The van der Waals surface area contributed by atoms with Crippen molar-refractivity contribution in [1.29, 1.82) is 0 Å². The van der Waals surface area contributed by atoms with E-state index in [0.29, 0.717) is 12.8 Å². The van der Waals surface area contributed by atoms with Gasteiger partial charge >= 0.3 is 5.97 Å². The van der Waals surface area contributed by atoms with Gasteiger partial charge in [0.2, 0.25) is 0 Å². The highest BCUT2D eigenvalue weighted by molar-refractivity contribution is 7.80. The van der Waals surface area contributed by atoms with E-state index in [0.717, 1.165) is 5.71 Å². The van der Waals surface area contributed by atoms with Gasteiger partial charge in [0.25, 0.3) is 0 Å². The lowest BCUT2D eigenvalue weighted by Crippen LogP contribution is -2.25. The summed E-state index contributed by atoms with van der Waals surface area (Å²) in [5, 5.41) is 3.93. The van der Waals surface area contributed by atoms with Crippen molar-refractivity contribution in [2.24, 2.45) is 10.8 Å². The van der Waals surface area contributed by atoms with Crippen LogP contribution in [0.5, 0.6) is 0 Å². The molecule has 13 heavy (non-hydrogen) atoms. The summed E-state index contributed by atoms with van der Waals surface area (Å²) in [6, 6.07) is 0. The number of carbonyl (C=O) groups excluding carboxylic acids is 1. The van der Waals surface area contributed by atoms with E-state index in [4.69, 9.17) is 5.73 Å². The van der Waals surface area contributed by atoms with E-state index in [9.17, 15) is 4.79 Å². The first-order chi connectivity index (χ1) is 6.06. The molecule has 0 aromatic carbocycles. The SMILES string of the molecule is COC(=O)CC/C(C)=N\NC(N)=S. The molecule has 0 saturated carbocycles. The van der Waals surface area contributed by atoms with Gasteiger partial charge in [-0.25, -0.2) is 0 Å². The van der Waals surface area contributed by atoms with Crippen LogP contribution in [0, 0.1) is 0 Å². The molecule has 0 amide bonds. The second kappa shape index (κ2) is 6.36. The fourth-order valence-electron chi connectivity index (χ4n) is 0.591. The van der Waals surface area contributed by atoms with Crippen LogP contribution in [0.15, 0.2) is 5.10 Å². The number of thiocarbonyl (C=S) groups is 1. The quantitative estimate of drug-likeness (QED) is 0.294. The van der Waals surface area contributed by atoms with Crippen molar-refractivity contribution < 1.29 is 9.53 Å². The Balaban J connectivity index is 3.73. The topological polar surface area (TPSA) is 76.7 Å². The number of esters is 1. The maximum atomic E-state index is 10.7. The predicted molar refractivity (Wildman–Crippen MR) is 54.3 cm³/mol. The van der Waals surface area contributed by atoms with Gasteiger partial charge in [-0.15, -0.1) is 0 Å². The third-order valence-corrected chi connectivity index (χ3v) is 1.37. The normalized spacial score (nSPS) is 10.8. The van der Waals surface area contributed by atoms with Crippen LogP contribution in [0.1, 0.15) is 19.8 Å². The van der Waals surface area contributed by atoms with Gasteiger partial charge in [0.1, 0.15) is 0 Å². The van der Waals surface area contributed by atoms with Crippen LogP contribution in [0.25, 0.3) is 0 Å². The number of nitrogens with two attached hydrogens (primary N) is 1. The van der Waals surface area contributed by atoms with E-state index in [-0.39, 0.29) is 11.1 Å². The number of hydrazone groups is 1. The number of nitrogens with one attached hydrogen (secondary N) is 1. The highest BCUT2D eigenvalue weighted by Gasteiger charge is 2.00. The van der Waals surface area contributed by atoms with E-state index in [2.05, 4.69) is 27.5 Å². The Morgan fingerprint density at radius 2 is 2.23 bits per heavy atom. The summed E-state index contributed by atoms with van der Waals surface area (Å²) in [5.41, 5.74) is 8.32. The Morgan fingerprint density at radius 1 is 1.62 bits per heavy atom. The zero-order valence-electron chi connectivity index (χ0n) is 7.66. The maximum absolute atomic E-state index is 10.7. The molecule has 0 atom stereocenters. The number of rotatable bonds is 4. The van der Waals surface area contributed by atoms with Crippen molar-refractivity contribution in [3.05, 3.63) is 0 Å². The van der Waals surface area contributed by atoms with E-state index in [1.54, 1.807) is 6.92 Å². The number of methoxy groups -OCH3 is 1. The number of carbonyl (C=O) groups is 1. The third kappa shape index (κ3) is 7.20. The predicted octanol–water partition coefficient (Wildman–Crippen LogP) is 0.149. The Kier molecular flexibility index (Phi) is 5.79. The first-order valence-electron chi connectivity index (χ1n) is 3.71. The summed E-state index contributed by atoms with van der Waals surface area (Å²) < 4.78 is 4.46. The highest BCUT2D eigenvalue weighted by Crippen LogP contribution is 1.93. The van der Waals surface area contributed by atoms with Crippen LogP contribution in [0.2, 0.25) is 0 Å². The molecule has 5 nitrogen and oxygen atoms in total. The van der Waals surface area contributed by atoms with Crippen LogP contribution >= 0.6 is 12.2 Å². The molecule has 3 N–H and O–H groups in total. The van der Waals surface area contributed by atoms with Crippen molar-refractivity contribution in [2.75, 3.05) is 7.11 Å². The largest absolute Gasteiger partial charge is 0.469 e. The monoisotopic (exact) mass is 203 g/mol. The second-order valence-electron chi connectivity index (χ2n) is 2.40. The molecule has 0 saturated heterocycles. The maximum Gasteiger partial charge on any atom is 0.305 e. The van der Waals surface area contributed by atoms with Crippen molar-refractivity contribution in [3.63, 3.8) is 0 Å². The van der Waals surface area contributed by atoms with Gasteiger partial charge in [-0.05, 0) is 25.6 Å². The van der Waals surface area contributed by atoms with Crippen LogP contribution in [0.3, 0.4) is 0 Å². The minimum absolute atomic E-state index is 0.109. The Morgan fingerprint density at radius 3 is 2.69 bits per heavy atom. The van der Waals surface area contributed by atoms with E-state index in [1.165, 1.54) is 7.11 Å². The molecule has 0 rings (SSSR count). The molecule has 0 fully saturated rings. The lowest BCUT2D eigenvalue weighted by atomic mass is 10.2. The minimum atomic E-state index is -0.259. The summed E-state index contributed by atoms with van der Waals surface area (Å²) >= 11 is 4.54. The van der Waals surface area contributed by atoms with Gasteiger partial charge in [-0.2, -0.15) is 5.10 Å². The molecule has 0 unspecified atom stereocenters. The van der Waals surface area contributed by atoms with Crippen molar-refractivity contribution in [1.82, 2.24) is 5.43 Å². The lowest BCUT2D eigenvalue weighted by Gasteiger charge is -2.00. The van der Waals surface area contributed by atoms with Gasteiger partial charge in [-0.3, -0.25) is 10.2 Å². The van der Waals surface area contributed by atoms with Crippen LogP contribution in [0.4, 0.5) is 0 Å². The Hall–Kier alpha value is -1.17. The van der Waals surface area contributed by atoms with Crippen molar-refractivity contribution in [3.8, 4) is 0 Å². The molecule has 0 heterocycles. The van der Waals surface area contributed by atoms with Gasteiger partial charge in [0, 0.05) is 5.71 Å². The first-order valence-corrected chi connectivity index (χ1v) is 4.12. The molecule has 0 aromatic heterocycles. The van der Waals surface area contributed by atoms with Crippen molar-refractivity contribution in [2.45, 2.75) is 19.8 Å². The third-order valence-electron chi connectivity index (χ3n) is 1.28. The average molecular weight is 203 g/mol. The van der Waals surface area contributed by atoms with Crippen LogP contribution < -0.4 is 11.2 Å². The standard InChI is InChI=1S/C7H13N3O2S/c1-5(9-10-7(8)13)3-4-6(11)12-2/h3-4H2,1-2H3,(H3,8,10,13)/b9-5-. The fraction of sp³-hybridized carbons (Fsp3) is 0.571. The molecule has 0 aliphatic rings. The molecule has 0 aliphatic carbocycles. The van der Waals surface area contributed by atoms with Crippen molar-refractivity contribution >= 4 is 29.0 Å². The number of ether oxygens (including phenoxy) is 1. The summed E-state index contributed by atoms with van der Waals surface area (Å²) in [6.07, 6.45) is 0.840. The minimum Gasteiger partial charge on any atom is -0.469 e. The van der Waals surface area contributed by atoms with Crippen LogP contribution in [-0.4, -0.2) is 23.9 Å². The van der Waals surface area contributed by atoms with Crippen LogP contribution in [-0.2, 0) is 9.53 Å². The molecule has 0 aliphatic heterocycles. The molecule has 0 radical (unpaired) electrons. The lowest BCUT2D eigenvalue weighted by molar-refractivity contribution is -0.140. The van der Waals surface area contributed by atoms with Gasteiger partial charge < -0.3 is 10.5 Å². The zero-order valence-corrected chi connectivity index (χ0v) is 8.48. The number of nitrogens with zero attached hydrogens (tertiary/aromatic N) is 1. The Bertz CT molecular complexity index is 228. The second-order valence-corrected chi connectivity index (χ2v) is 2.84. The van der Waals surface area contributed by atoms with E-state index >= 15 is 0 Å². The number of hydrogen-bond acceptors (Lipinski definition) is 4. The highest BCUT2D eigenvalue weighted by atomic mass is 32.1. The molecular formula is C7H13N3O2S. The summed E-state index contributed by atoms with van der Waals surface area (Å²) in [7, 11) is 1.35. The molecule has 74 valence electrons. The zero-order chi connectivity index (χ0) is 10.3. The Labute approximate surface area is 82.3 Å². The van der Waals surface area contributed by atoms with Gasteiger partial charge in [-0.1, -0.05) is 0 Å². The van der Waals surface area contributed by atoms with E-state index < -0.39 is 0 Å². The smallest absolute Gasteiger partial charge is 0.305 e. The van der Waals surface area contributed by atoms with Gasteiger partial charge in [0.15, 0.2) is 5.11 Å². The summed E-state index contributed by atoms with van der Waals surface area (Å²) in [5.74, 6) is -0.259. The molecule has 0 bridgehead atoms. The number of hydrogen-bond donors (Lipinski definition) is 2. The molecule has 0 spiro atoms. The molecule has 6 heteroatoms. The summed E-state index contributed by atoms with van der Waals surface area (Å²) in [4.78, 5) is 10.7.